The average molecular weight is 362 g/mol. The second kappa shape index (κ2) is 5.85. The number of benzene rings is 1. The molecule has 1 amide bonds. The van der Waals surface area contributed by atoms with Crippen molar-refractivity contribution in [3.8, 4) is 0 Å². The topological polar surface area (TPSA) is 42.0 Å². The SMILES string of the molecule is Cc1ccc(F)c(C(=O)Nc2cc(Br)cnc2Cl)c1F. The first-order chi connectivity index (χ1) is 9.40. The molecule has 0 aliphatic rings. The number of nitrogens with zero attached hydrogens (tertiary/aromatic N) is 1. The Balaban J connectivity index is 2.38. The van der Waals surface area contributed by atoms with Crippen molar-refractivity contribution in [2.75, 3.05) is 5.32 Å². The standard InChI is InChI=1S/C13H8BrClF2N2O/c1-6-2-3-8(16)10(11(6)17)13(20)19-9-4-7(14)5-18-12(9)15/h2-5H,1H3,(H,19,20). The molecule has 0 fully saturated rings. The normalized spacial score (nSPS) is 10.4. The summed E-state index contributed by atoms with van der Waals surface area (Å²) in [5.41, 5.74) is -0.317. The van der Waals surface area contributed by atoms with Crippen LogP contribution in [0.2, 0.25) is 5.15 Å². The third kappa shape index (κ3) is 2.96. The lowest BCUT2D eigenvalue weighted by molar-refractivity contribution is 0.101. The minimum absolute atomic E-state index is 0.0232. The van der Waals surface area contributed by atoms with Gasteiger partial charge in [0.2, 0.25) is 0 Å². The number of aryl methyl sites for hydroxylation is 1. The molecular weight excluding hydrogens is 354 g/mol. The van der Waals surface area contributed by atoms with Crippen LogP contribution in [0.25, 0.3) is 0 Å². The van der Waals surface area contributed by atoms with Crippen LogP contribution < -0.4 is 5.32 Å². The van der Waals surface area contributed by atoms with Crippen molar-refractivity contribution < 1.29 is 13.6 Å². The monoisotopic (exact) mass is 360 g/mol. The zero-order chi connectivity index (χ0) is 14.9. The molecule has 1 heterocycles. The predicted octanol–water partition coefficient (Wildman–Crippen LogP) is 4.34. The summed E-state index contributed by atoms with van der Waals surface area (Å²) in [5, 5.41) is 2.36. The molecular formula is C13H8BrClF2N2O. The Kier molecular flexibility index (Phi) is 4.35. The minimum atomic E-state index is -0.940. The van der Waals surface area contributed by atoms with Gasteiger partial charge in [0.1, 0.15) is 17.2 Å². The summed E-state index contributed by atoms with van der Waals surface area (Å²) in [6.45, 7) is 1.44. The van der Waals surface area contributed by atoms with E-state index < -0.39 is 23.1 Å². The Morgan fingerprint density at radius 1 is 1.40 bits per heavy atom. The Morgan fingerprint density at radius 3 is 2.80 bits per heavy atom. The van der Waals surface area contributed by atoms with E-state index in [0.717, 1.165) is 6.07 Å². The maximum absolute atomic E-state index is 13.8. The van der Waals surface area contributed by atoms with Crippen molar-refractivity contribution in [1.29, 1.82) is 0 Å². The summed E-state index contributed by atoms with van der Waals surface area (Å²) in [6, 6.07) is 3.78. The first-order valence-corrected chi connectivity index (χ1v) is 6.64. The summed E-state index contributed by atoms with van der Waals surface area (Å²) in [5.74, 6) is -2.77. The lowest BCUT2D eigenvalue weighted by Gasteiger charge is -2.09. The van der Waals surface area contributed by atoms with E-state index in [2.05, 4.69) is 26.2 Å². The molecule has 0 radical (unpaired) electrons. The van der Waals surface area contributed by atoms with E-state index in [1.54, 1.807) is 0 Å². The molecule has 104 valence electrons. The fourth-order valence-electron chi connectivity index (χ4n) is 1.56. The van der Waals surface area contributed by atoms with Crippen molar-refractivity contribution in [1.82, 2.24) is 4.98 Å². The molecule has 0 unspecified atom stereocenters. The smallest absolute Gasteiger partial charge is 0.261 e. The van der Waals surface area contributed by atoms with Crippen LogP contribution in [-0.2, 0) is 0 Å². The van der Waals surface area contributed by atoms with Gasteiger partial charge in [0.05, 0.1) is 5.69 Å². The number of aromatic nitrogens is 1. The summed E-state index contributed by atoms with van der Waals surface area (Å²) in [4.78, 5) is 15.8. The van der Waals surface area contributed by atoms with E-state index in [1.165, 1.54) is 25.3 Å². The van der Waals surface area contributed by atoms with Gasteiger partial charge in [-0.3, -0.25) is 4.79 Å². The molecule has 0 bridgehead atoms. The van der Waals surface area contributed by atoms with Crippen LogP contribution in [0.3, 0.4) is 0 Å². The lowest BCUT2D eigenvalue weighted by atomic mass is 10.1. The van der Waals surface area contributed by atoms with E-state index in [9.17, 15) is 13.6 Å². The number of nitrogens with one attached hydrogen (secondary N) is 1. The zero-order valence-electron chi connectivity index (χ0n) is 10.2. The van der Waals surface area contributed by atoms with Gasteiger partial charge in [0.15, 0.2) is 5.15 Å². The number of carbonyl (C=O) groups excluding carboxylic acids is 1. The predicted molar refractivity (Wildman–Crippen MR) is 76.0 cm³/mol. The molecule has 3 nitrogen and oxygen atoms in total. The van der Waals surface area contributed by atoms with E-state index in [1.807, 2.05) is 0 Å². The molecule has 0 atom stereocenters. The minimum Gasteiger partial charge on any atom is -0.319 e. The van der Waals surface area contributed by atoms with Gasteiger partial charge in [-0.1, -0.05) is 17.7 Å². The van der Waals surface area contributed by atoms with Gasteiger partial charge in [-0.05, 0) is 40.5 Å². The van der Waals surface area contributed by atoms with Crippen LogP contribution in [0, 0.1) is 18.6 Å². The molecule has 0 spiro atoms. The number of amides is 1. The highest BCUT2D eigenvalue weighted by atomic mass is 79.9. The van der Waals surface area contributed by atoms with Crippen LogP contribution in [0.15, 0.2) is 28.9 Å². The molecule has 20 heavy (non-hydrogen) atoms. The Morgan fingerprint density at radius 2 is 2.10 bits per heavy atom. The Bertz CT molecular complexity index is 694. The molecule has 1 aromatic heterocycles. The second-order valence-corrected chi connectivity index (χ2v) is 5.27. The third-order valence-electron chi connectivity index (χ3n) is 2.57. The first-order valence-electron chi connectivity index (χ1n) is 5.47. The molecule has 2 aromatic rings. The van der Waals surface area contributed by atoms with Gasteiger partial charge in [-0.2, -0.15) is 0 Å². The molecule has 1 N–H and O–H groups in total. The van der Waals surface area contributed by atoms with Crippen LogP contribution in [0.5, 0.6) is 0 Å². The highest BCUT2D eigenvalue weighted by molar-refractivity contribution is 9.10. The summed E-state index contributed by atoms with van der Waals surface area (Å²) in [6.07, 6.45) is 1.44. The summed E-state index contributed by atoms with van der Waals surface area (Å²) < 4.78 is 28.0. The van der Waals surface area contributed by atoms with Crippen LogP contribution in [0.1, 0.15) is 15.9 Å². The Hall–Kier alpha value is -1.53. The number of rotatable bonds is 2. The highest BCUT2D eigenvalue weighted by Gasteiger charge is 2.20. The fourth-order valence-corrected chi connectivity index (χ4v) is 2.04. The van der Waals surface area contributed by atoms with Gasteiger partial charge in [-0.15, -0.1) is 0 Å². The number of carbonyl (C=O) groups is 1. The lowest BCUT2D eigenvalue weighted by Crippen LogP contribution is -2.17. The quantitative estimate of drug-likeness (QED) is 0.809. The van der Waals surface area contributed by atoms with E-state index in [4.69, 9.17) is 11.6 Å². The summed E-state index contributed by atoms with van der Waals surface area (Å²) >= 11 is 8.97. The van der Waals surface area contributed by atoms with Gasteiger partial charge in [0, 0.05) is 10.7 Å². The molecule has 2 rings (SSSR count). The summed E-state index contributed by atoms with van der Waals surface area (Å²) in [7, 11) is 0. The molecule has 0 saturated heterocycles. The van der Waals surface area contributed by atoms with Crippen LogP contribution in [-0.4, -0.2) is 10.9 Å². The van der Waals surface area contributed by atoms with Crippen LogP contribution in [0.4, 0.5) is 14.5 Å². The number of anilines is 1. The van der Waals surface area contributed by atoms with E-state index in [0.29, 0.717) is 4.47 Å². The van der Waals surface area contributed by atoms with Crippen molar-refractivity contribution in [3.63, 3.8) is 0 Å². The average Bonchev–Trinajstić information content (AvgIpc) is 2.39. The molecule has 0 aliphatic carbocycles. The number of halogens is 4. The van der Waals surface area contributed by atoms with Crippen molar-refractivity contribution >= 4 is 39.1 Å². The van der Waals surface area contributed by atoms with E-state index in [-0.39, 0.29) is 16.4 Å². The van der Waals surface area contributed by atoms with Crippen molar-refractivity contribution in [3.05, 3.63) is 56.8 Å². The second-order valence-electron chi connectivity index (χ2n) is 4.00. The zero-order valence-corrected chi connectivity index (χ0v) is 12.5. The molecule has 0 saturated carbocycles. The number of hydrogen-bond donors (Lipinski definition) is 1. The molecule has 7 heteroatoms. The van der Waals surface area contributed by atoms with Gasteiger partial charge in [0.25, 0.3) is 5.91 Å². The first kappa shape index (κ1) is 14.9. The number of hydrogen-bond acceptors (Lipinski definition) is 2. The molecule has 1 aromatic carbocycles. The van der Waals surface area contributed by atoms with Gasteiger partial charge >= 0.3 is 0 Å². The largest absolute Gasteiger partial charge is 0.319 e. The van der Waals surface area contributed by atoms with E-state index >= 15 is 0 Å². The number of pyridine rings is 1. The third-order valence-corrected chi connectivity index (χ3v) is 3.30. The maximum atomic E-state index is 13.8. The Labute approximate surface area is 127 Å². The van der Waals surface area contributed by atoms with Gasteiger partial charge in [-0.25, -0.2) is 13.8 Å². The van der Waals surface area contributed by atoms with Crippen LogP contribution >= 0.6 is 27.5 Å². The van der Waals surface area contributed by atoms with Crippen molar-refractivity contribution in [2.45, 2.75) is 6.92 Å². The molecule has 0 aliphatic heterocycles. The van der Waals surface area contributed by atoms with Gasteiger partial charge < -0.3 is 5.32 Å². The van der Waals surface area contributed by atoms with Crippen molar-refractivity contribution in [2.24, 2.45) is 0 Å². The highest BCUT2D eigenvalue weighted by Crippen LogP contribution is 2.25. The fraction of sp³-hybridized carbons (Fsp3) is 0.0769. The maximum Gasteiger partial charge on any atom is 0.261 e.